The van der Waals surface area contributed by atoms with Gasteiger partial charge in [-0.3, -0.25) is 4.79 Å². The number of nitrogens with zero attached hydrogens (tertiary/aromatic N) is 1. The van der Waals surface area contributed by atoms with E-state index in [-0.39, 0.29) is 11.9 Å². The van der Waals surface area contributed by atoms with Crippen LogP contribution >= 0.6 is 0 Å². The molecule has 0 aliphatic carbocycles. The summed E-state index contributed by atoms with van der Waals surface area (Å²) in [6, 6.07) is -1.28. The Kier molecular flexibility index (Phi) is 9.19. The van der Waals surface area contributed by atoms with Gasteiger partial charge in [0, 0.05) is 6.54 Å². The van der Waals surface area contributed by atoms with Gasteiger partial charge in [0.2, 0.25) is 5.91 Å². The molecule has 2 atom stereocenters. The molecule has 0 aromatic carbocycles. The molecule has 1 saturated heterocycles. The Hall–Kier alpha value is -1.79. The van der Waals surface area contributed by atoms with Crippen LogP contribution in [0.2, 0.25) is 0 Å². The van der Waals surface area contributed by atoms with Crippen molar-refractivity contribution in [1.82, 2.24) is 10.2 Å². The lowest BCUT2D eigenvalue weighted by Gasteiger charge is -2.26. The van der Waals surface area contributed by atoms with E-state index in [1.807, 2.05) is 13.8 Å². The molecule has 1 heterocycles. The SMILES string of the molecule is CCCCOC(=O)NC(C)C(=O)N1CCCC1C(=O)OCCCC. The minimum atomic E-state index is -0.733. The highest BCUT2D eigenvalue weighted by molar-refractivity contribution is 5.89. The molecule has 0 bridgehead atoms. The van der Waals surface area contributed by atoms with Crippen LogP contribution in [0.25, 0.3) is 0 Å². The fraction of sp³-hybridized carbons (Fsp3) is 0.824. The number of esters is 1. The maximum Gasteiger partial charge on any atom is 0.407 e. The van der Waals surface area contributed by atoms with Crippen molar-refractivity contribution >= 4 is 18.0 Å². The zero-order valence-corrected chi connectivity index (χ0v) is 15.0. The molecule has 1 N–H and O–H groups in total. The van der Waals surface area contributed by atoms with Crippen molar-refractivity contribution in [2.24, 2.45) is 0 Å². The van der Waals surface area contributed by atoms with E-state index in [1.165, 1.54) is 4.90 Å². The fourth-order valence-corrected chi connectivity index (χ4v) is 2.53. The lowest BCUT2D eigenvalue weighted by atomic mass is 10.2. The molecular weight excluding hydrogens is 312 g/mol. The molecule has 7 heteroatoms. The summed E-state index contributed by atoms with van der Waals surface area (Å²) in [5.74, 6) is -0.635. The van der Waals surface area contributed by atoms with E-state index in [1.54, 1.807) is 6.92 Å². The van der Waals surface area contributed by atoms with Crippen LogP contribution in [0.5, 0.6) is 0 Å². The lowest BCUT2D eigenvalue weighted by Crippen LogP contribution is -2.50. The van der Waals surface area contributed by atoms with E-state index in [4.69, 9.17) is 9.47 Å². The van der Waals surface area contributed by atoms with Gasteiger partial charge in [-0.05, 0) is 32.6 Å². The second-order valence-corrected chi connectivity index (χ2v) is 6.07. The Balaban J connectivity index is 2.48. The van der Waals surface area contributed by atoms with Crippen molar-refractivity contribution in [3.8, 4) is 0 Å². The quantitative estimate of drug-likeness (QED) is 0.513. The Morgan fingerprint density at radius 3 is 2.38 bits per heavy atom. The molecule has 1 rings (SSSR count). The molecule has 0 radical (unpaired) electrons. The molecule has 1 aliphatic rings. The molecule has 0 saturated carbocycles. The van der Waals surface area contributed by atoms with E-state index in [0.29, 0.717) is 26.2 Å². The van der Waals surface area contributed by atoms with Gasteiger partial charge in [-0.2, -0.15) is 0 Å². The predicted molar refractivity (Wildman–Crippen MR) is 89.5 cm³/mol. The van der Waals surface area contributed by atoms with Crippen LogP contribution in [0.15, 0.2) is 0 Å². The minimum absolute atomic E-state index is 0.280. The van der Waals surface area contributed by atoms with E-state index in [9.17, 15) is 14.4 Å². The van der Waals surface area contributed by atoms with Gasteiger partial charge >= 0.3 is 12.1 Å². The molecule has 2 amide bonds. The Bertz CT molecular complexity index is 427. The molecule has 0 spiro atoms. The summed E-state index contributed by atoms with van der Waals surface area (Å²) in [7, 11) is 0. The van der Waals surface area contributed by atoms with Crippen molar-refractivity contribution in [3.05, 3.63) is 0 Å². The topological polar surface area (TPSA) is 84.9 Å². The zero-order valence-electron chi connectivity index (χ0n) is 15.0. The molecule has 1 fully saturated rings. The predicted octanol–water partition coefficient (Wildman–Crippen LogP) is 2.24. The van der Waals surface area contributed by atoms with E-state index >= 15 is 0 Å². The van der Waals surface area contributed by atoms with Gasteiger partial charge < -0.3 is 19.7 Å². The van der Waals surface area contributed by atoms with Crippen molar-refractivity contribution in [3.63, 3.8) is 0 Å². The Morgan fingerprint density at radius 2 is 1.75 bits per heavy atom. The Morgan fingerprint density at radius 1 is 1.12 bits per heavy atom. The first kappa shape index (κ1) is 20.3. The van der Waals surface area contributed by atoms with Gasteiger partial charge in [0.15, 0.2) is 0 Å². The second-order valence-electron chi connectivity index (χ2n) is 6.07. The summed E-state index contributed by atoms with van der Waals surface area (Å²) >= 11 is 0. The first-order chi connectivity index (χ1) is 11.5. The molecular formula is C17H30N2O5. The smallest absolute Gasteiger partial charge is 0.407 e. The van der Waals surface area contributed by atoms with Gasteiger partial charge in [-0.15, -0.1) is 0 Å². The van der Waals surface area contributed by atoms with Gasteiger partial charge in [-0.25, -0.2) is 9.59 Å². The van der Waals surface area contributed by atoms with Crippen LogP contribution < -0.4 is 5.32 Å². The highest BCUT2D eigenvalue weighted by atomic mass is 16.5. The van der Waals surface area contributed by atoms with Crippen molar-refractivity contribution in [2.45, 2.75) is 71.4 Å². The highest BCUT2D eigenvalue weighted by Crippen LogP contribution is 2.19. The molecule has 24 heavy (non-hydrogen) atoms. The number of amides is 2. The van der Waals surface area contributed by atoms with E-state index in [2.05, 4.69) is 5.32 Å². The van der Waals surface area contributed by atoms with E-state index < -0.39 is 18.2 Å². The van der Waals surface area contributed by atoms with Crippen LogP contribution in [0.4, 0.5) is 4.79 Å². The summed E-state index contributed by atoms with van der Waals surface area (Å²) in [6.07, 6.45) is 4.23. The van der Waals surface area contributed by atoms with Crippen LogP contribution in [0.3, 0.4) is 0 Å². The van der Waals surface area contributed by atoms with Crippen molar-refractivity contribution in [1.29, 1.82) is 0 Å². The third-order valence-corrected chi connectivity index (χ3v) is 3.99. The fourth-order valence-electron chi connectivity index (χ4n) is 2.53. The largest absolute Gasteiger partial charge is 0.464 e. The van der Waals surface area contributed by atoms with Crippen molar-refractivity contribution < 1.29 is 23.9 Å². The number of carbonyl (C=O) groups excluding carboxylic acids is 3. The van der Waals surface area contributed by atoms with Gasteiger partial charge in [-0.1, -0.05) is 26.7 Å². The Labute approximate surface area is 144 Å². The minimum Gasteiger partial charge on any atom is -0.464 e. The summed E-state index contributed by atoms with van der Waals surface area (Å²) in [4.78, 5) is 37.8. The summed E-state index contributed by atoms with van der Waals surface area (Å²) in [5, 5.41) is 2.52. The first-order valence-corrected chi connectivity index (χ1v) is 8.91. The number of rotatable bonds is 9. The van der Waals surface area contributed by atoms with Crippen LogP contribution in [-0.2, 0) is 19.1 Å². The van der Waals surface area contributed by atoms with Crippen LogP contribution in [0, 0.1) is 0 Å². The zero-order chi connectivity index (χ0) is 17.9. The molecule has 7 nitrogen and oxygen atoms in total. The maximum absolute atomic E-state index is 12.5. The number of nitrogens with one attached hydrogen (secondary N) is 1. The third-order valence-electron chi connectivity index (χ3n) is 3.99. The maximum atomic E-state index is 12.5. The molecule has 138 valence electrons. The standard InChI is InChI=1S/C17H30N2O5/c1-4-6-11-23-16(21)14-9-8-10-19(14)15(20)13(3)18-17(22)24-12-7-5-2/h13-14H,4-12H2,1-3H3,(H,18,22). The third kappa shape index (κ3) is 6.37. The van der Waals surface area contributed by atoms with Crippen LogP contribution in [-0.4, -0.2) is 54.7 Å². The number of hydrogen-bond donors (Lipinski definition) is 1. The number of ether oxygens (including phenoxy) is 2. The number of hydrogen-bond acceptors (Lipinski definition) is 5. The summed E-state index contributed by atoms with van der Waals surface area (Å²) in [5.41, 5.74) is 0. The number of unbranched alkanes of at least 4 members (excludes halogenated alkanes) is 2. The first-order valence-electron chi connectivity index (χ1n) is 8.91. The highest BCUT2D eigenvalue weighted by Gasteiger charge is 2.37. The summed E-state index contributed by atoms with van der Waals surface area (Å²) in [6.45, 7) is 6.84. The molecule has 0 aromatic rings. The van der Waals surface area contributed by atoms with Crippen molar-refractivity contribution in [2.75, 3.05) is 19.8 Å². The molecule has 1 aliphatic heterocycles. The lowest BCUT2D eigenvalue weighted by molar-refractivity contribution is -0.153. The van der Waals surface area contributed by atoms with Gasteiger partial charge in [0.25, 0.3) is 0 Å². The number of alkyl carbamates (subject to hydrolysis) is 1. The normalized spacial score (nSPS) is 18.1. The van der Waals surface area contributed by atoms with Gasteiger partial charge in [0.1, 0.15) is 12.1 Å². The monoisotopic (exact) mass is 342 g/mol. The summed E-state index contributed by atoms with van der Waals surface area (Å²) < 4.78 is 10.2. The van der Waals surface area contributed by atoms with Crippen LogP contribution in [0.1, 0.15) is 59.3 Å². The average Bonchev–Trinajstić information content (AvgIpc) is 3.04. The second kappa shape index (κ2) is 10.9. The van der Waals surface area contributed by atoms with Gasteiger partial charge in [0.05, 0.1) is 13.2 Å². The number of likely N-dealkylation sites (tertiary alicyclic amines) is 1. The molecule has 0 aromatic heterocycles. The molecule has 2 unspecified atom stereocenters. The number of carbonyl (C=O) groups is 3. The van der Waals surface area contributed by atoms with E-state index in [0.717, 1.165) is 32.1 Å². The average molecular weight is 342 g/mol.